The maximum atomic E-state index is 8.54. The molecule has 0 unspecified atom stereocenters. The quantitative estimate of drug-likeness (QED) is 0.250. The van der Waals surface area contributed by atoms with Crippen LogP contribution in [0.5, 0.6) is 0 Å². The van der Waals surface area contributed by atoms with Gasteiger partial charge in [-0.3, -0.25) is 0 Å². The third-order valence-corrected chi connectivity index (χ3v) is 1.19. The number of aliphatic hydroxyl groups is 3. The van der Waals surface area contributed by atoms with Crippen LogP contribution >= 0.6 is 0 Å². The van der Waals surface area contributed by atoms with Gasteiger partial charge in [-0.1, -0.05) is 5.01 Å². The standard InChI is InChI=1S/C6H16N2O3/c9-4-1-7-8(2-5-10)3-6-11/h7,9-11H,1-6H2/q+1. The molecule has 11 heavy (non-hydrogen) atoms. The van der Waals surface area contributed by atoms with Gasteiger partial charge in [-0.25, -0.2) is 0 Å². The fraction of sp³-hybridized carbons (Fsp3) is 1.00. The highest BCUT2D eigenvalue weighted by molar-refractivity contribution is 4.56. The van der Waals surface area contributed by atoms with Crippen molar-refractivity contribution in [3.05, 3.63) is 0 Å². The Labute approximate surface area is 66.2 Å². The summed E-state index contributed by atoms with van der Waals surface area (Å²) in [4.78, 5) is 0. The number of aliphatic hydroxyl groups excluding tert-OH is 3. The summed E-state index contributed by atoms with van der Waals surface area (Å²) >= 11 is 0. The molecule has 0 aliphatic rings. The molecule has 0 heterocycles. The van der Waals surface area contributed by atoms with Crippen LogP contribution in [0.25, 0.3) is 0 Å². The van der Waals surface area contributed by atoms with Gasteiger partial charge in [-0.15, -0.1) is 5.43 Å². The Hall–Kier alpha value is -0.200. The van der Waals surface area contributed by atoms with Gasteiger partial charge < -0.3 is 15.3 Å². The second-order valence-electron chi connectivity index (χ2n) is 2.07. The molecule has 0 amide bonds. The monoisotopic (exact) mass is 164 g/mol. The molecule has 0 saturated carbocycles. The smallest absolute Gasteiger partial charge is 0.167 e. The van der Waals surface area contributed by atoms with E-state index in [-0.39, 0.29) is 19.8 Å². The fourth-order valence-corrected chi connectivity index (χ4v) is 0.719. The minimum Gasteiger partial charge on any atom is -0.395 e. The lowest BCUT2D eigenvalue weighted by Gasteiger charge is -2.08. The van der Waals surface area contributed by atoms with E-state index in [0.717, 1.165) is 0 Å². The fourth-order valence-electron chi connectivity index (χ4n) is 0.719. The maximum absolute atomic E-state index is 8.54. The highest BCUT2D eigenvalue weighted by Gasteiger charge is 2.11. The van der Waals surface area contributed by atoms with Gasteiger partial charge in [0, 0.05) is 0 Å². The molecule has 5 heteroatoms. The third-order valence-electron chi connectivity index (χ3n) is 1.19. The molecule has 0 fully saturated rings. The highest BCUT2D eigenvalue weighted by atomic mass is 16.3. The first-order valence-electron chi connectivity index (χ1n) is 3.66. The van der Waals surface area contributed by atoms with E-state index in [1.165, 1.54) is 0 Å². The van der Waals surface area contributed by atoms with Crippen LogP contribution in [0.4, 0.5) is 0 Å². The lowest BCUT2D eigenvalue weighted by molar-refractivity contribution is 0.175. The molecule has 0 aromatic heterocycles. The minimum absolute atomic E-state index is 0.0401. The van der Waals surface area contributed by atoms with E-state index in [2.05, 4.69) is 5.43 Å². The molecular formula is C6H16N2O3+. The average Bonchev–Trinajstić information content (AvgIpc) is 2.01. The number of hydrogen-bond acceptors (Lipinski definition) is 5. The second-order valence-corrected chi connectivity index (χ2v) is 2.07. The lowest BCUT2D eigenvalue weighted by atomic mass is 10.6. The average molecular weight is 164 g/mol. The zero-order chi connectivity index (χ0) is 8.53. The molecule has 0 aliphatic heterocycles. The van der Waals surface area contributed by atoms with Crippen LogP contribution < -0.4 is 10.4 Å². The van der Waals surface area contributed by atoms with Gasteiger partial charge in [0.15, 0.2) is 13.1 Å². The van der Waals surface area contributed by atoms with Gasteiger partial charge >= 0.3 is 0 Å². The van der Waals surface area contributed by atoms with Crippen molar-refractivity contribution in [3.8, 4) is 0 Å². The van der Waals surface area contributed by atoms with Gasteiger partial charge in [0.05, 0.1) is 26.4 Å². The van der Waals surface area contributed by atoms with Crippen molar-refractivity contribution in [3.63, 3.8) is 0 Å². The zero-order valence-corrected chi connectivity index (χ0v) is 6.53. The van der Waals surface area contributed by atoms with Crippen LogP contribution in [0.2, 0.25) is 0 Å². The molecule has 67 valence electrons. The lowest BCUT2D eigenvalue weighted by Crippen LogP contribution is -2.48. The van der Waals surface area contributed by atoms with E-state index in [9.17, 15) is 0 Å². The predicted molar refractivity (Wildman–Crippen MR) is 41.1 cm³/mol. The maximum Gasteiger partial charge on any atom is 0.167 e. The van der Waals surface area contributed by atoms with Crippen LogP contribution in [0, 0.1) is 0 Å². The molecule has 5 nitrogen and oxygen atoms in total. The number of rotatable bonds is 7. The Kier molecular flexibility index (Phi) is 7.76. The van der Waals surface area contributed by atoms with E-state index >= 15 is 0 Å². The van der Waals surface area contributed by atoms with Crippen LogP contribution in [-0.4, -0.2) is 54.8 Å². The third kappa shape index (κ3) is 6.21. The van der Waals surface area contributed by atoms with Crippen molar-refractivity contribution >= 4 is 0 Å². The second kappa shape index (κ2) is 7.90. The van der Waals surface area contributed by atoms with Crippen molar-refractivity contribution in [1.29, 1.82) is 0 Å². The van der Waals surface area contributed by atoms with Gasteiger partial charge in [0.1, 0.15) is 0 Å². The summed E-state index contributed by atoms with van der Waals surface area (Å²) in [5.74, 6) is 0. The van der Waals surface area contributed by atoms with E-state index in [1.807, 2.05) is 0 Å². The molecule has 0 aromatic rings. The van der Waals surface area contributed by atoms with E-state index < -0.39 is 0 Å². The number of nitrogens with zero attached hydrogens (tertiary/aromatic N) is 1. The molecule has 0 saturated heterocycles. The summed E-state index contributed by atoms with van der Waals surface area (Å²) in [6, 6.07) is 0. The first-order valence-corrected chi connectivity index (χ1v) is 3.66. The SMILES string of the molecule is OCCN[N+](CCO)CCO. The van der Waals surface area contributed by atoms with Crippen molar-refractivity contribution in [2.24, 2.45) is 0 Å². The summed E-state index contributed by atoms with van der Waals surface area (Å²) in [6.07, 6.45) is 0. The molecular weight excluding hydrogens is 148 g/mol. The van der Waals surface area contributed by atoms with E-state index in [0.29, 0.717) is 19.6 Å². The summed E-state index contributed by atoms with van der Waals surface area (Å²) in [7, 11) is 0. The van der Waals surface area contributed by atoms with Crippen LogP contribution in [0.15, 0.2) is 0 Å². The Balaban J connectivity index is 3.34. The van der Waals surface area contributed by atoms with Crippen molar-refractivity contribution < 1.29 is 15.3 Å². The van der Waals surface area contributed by atoms with Crippen LogP contribution in [-0.2, 0) is 0 Å². The molecule has 4 N–H and O–H groups in total. The predicted octanol–water partition coefficient (Wildman–Crippen LogP) is -2.39. The summed E-state index contributed by atoms with van der Waals surface area (Å²) in [5, 5.41) is 27.2. The summed E-state index contributed by atoms with van der Waals surface area (Å²) in [6.45, 7) is 1.49. The Bertz CT molecular complexity index is 76.2. The Morgan fingerprint density at radius 1 is 0.909 bits per heavy atom. The first kappa shape index (κ1) is 10.8. The Morgan fingerprint density at radius 2 is 1.45 bits per heavy atom. The zero-order valence-electron chi connectivity index (χ0n) is 6.53. The molecule has 0 aliphatic carbocycles. The van der Waals surface area contributed by atoms with E-state index in [1.54, 1.807) is 5.01 Å². The normalized spacial score (nSPS) is 10.9. The number of nitrogens with one attached hydrogen (secondary N) is 1. The molecule has 1 radical (unpaired) electrons. The van der Waals surface area contributed by atoms with Gasteiger partial charge in [-0.2, -0.15) is 0 Å². The summed E-state index contributed by atoms with van der Waals surface area (Å²) in [5.41, 5.74) is 2.83. The Morgan fingerprint density at radius 3 is 1.82 bits per heavy atom. The van der Waals surface area contributed by atoms with Gasteiger partial charge in [-0.05, 0) is 0 Å². The van der Waals surface area contributed by atoms with E-state index in [4.69, 9.17) is 15.3 Å². The minimum atomic E-state index is 0.0401. The van der Waals surface area contributed by atoms with Crippen molar-refractivity contribution in [2.45, 2.75) is 0 Å². The van der Waals surface area contributed by atoms with Crippen LogP contribution in [0.1, 0.15) is 0 Å². The molecule has 0 bridgehead atoms. The number of hydrogen-bond donors (Lipinski definition) is 4. The van der Waals surface area contributed by atoms with Crippen LogP contribution in [0.3, 0.4) is 0 Å². The number of hydrazine groups is 1. The van der Waals surface area contributed by atoms with Gasteiger partial charge in [0.2, 0.25) is 0 Å². The van der Waals surface area contributed by atoms with Crippen molar-refractivity contribution in [2.75, 3.05) is 39.5 Å². The van der Waals surface area contributed by atoms with Gasteiger partial charge in [0.25, 0.3) is 0 Å². The highest BCUT2D eigenvalue weighted by Crippen LogP contribution is 1.74. The topological polar surface area (TPSA) is 78.6 Å². The largest absolute Gasteiger partial charge is 0.395 e. The molecule has 0 aromatic carbocycles. The summed E-state index contributed by atoms with van der Waals surface area (Å²) < 4.78 is 0. The first-order chi connectivity index (χ1) is 5.35. The molecule has 0 atom stereocenters. The molecule has 0 rings (SSSR count). The van der Waals surface area contributed by atoms with Crippen molar-refractivity contribution in [1.82, 2.24) is 10.4 Å². The molecule has 0 spiro atoms.